The van der Waals surface area contributed by atoms with Crippen LogP contribution in [0.15, 0.2) is 18.5 Å². The summed E-state index contributed by atoms with van der Waals surface area (Å²) in [7, 11) is 0. The van der Waals surface area contributed by atoms with Gasteiger partial charge in [0.05, 0.1) is 4.92 Å². The lowest BCUT2D eigenvalue weighted by atomic mass is 10.00. The van der Waals surface area contributed by atoms with Gasteiger partial charge in [-0.2, -0.15) is 0 Å². The van der Waals surface area contributed by atoms with E-state index in [9.17, 15) is 10.1 Å². The third-order valence-corrected chi connectivity index (χ3v) is 2.98. The molecule has 1 unspecified atom stereocenters. The highest BCUT2D eigenvalue weighted by Crippen LogP contribution is 2.22. The number of anilines is 1. The van der Waals surface area contributed by atoms with Crippen molar-refractivity contribution < 1.29 is 4.92 Å². The van der Waals surface area contributed by atoms with Crippen molar-refractivity contribution in [2.75, 3.05) is 25.0 Å². The van der Waals surface area contributed by atoms with Gasteiger partial charge in [0.15, 0.2) is 0 Å². The Hall–Kier alpha value is -1.69. The molecule has 1 fully saturated rings. The molecule has 1 aliphatic heterocycles. The van der Waals surface area contributed by atoms with Crippen LogP contribution in [0.1, 0.15) is 12.8 Å². The molecule has 1 aromatic heterocycles. The second kappa shape index (κ2) is 5.58. The highest BCUT2D eigenvalue weighted by molar-refractivity contribution is 5.59. The topological polar surface area (TPSA) is 80.1 Å². The smallest absolute Gasteiger partial charge is 0.310 e. The van der Waals surface area contributed by atoms with Crippen LogP contribution in [0.3, 0.4) is 0 Å². The van der Waals surface area contributed by atoms with E-state index in [2.05, 4.69) is 15.6 Å². The second-order valence-electron chi connectivity index (χ2n) is 4.24. The largest absolute Gasteiger partial charge is 0.379 e. The minimum atomic E-state index is -0.408. The van der Waals surface area contributed by atoms with E-state index in [1.54, 1.807) is 12.3 Å². The van der Waals surface area contributed by atoms with Crippen LogP contribution in [-0.2, 0) is 0 Å². The Balaban J connectivity index is 1.96. The van der Waals surface area contributed by atoms with Gasteiger partial charge in [-0.3, -0.25) is 15.1 Å². The van der Waals surface area contributed by atoms with Gasteiger partial charge >= 0.3 is 5.69 Å². The van der Waals surface area contributed by atoms with Crippen LogP contribution in [0, 0.1) is 16.0 Å². The van der Waals surface area contributed by atoms with Crippen LogP contribution in [0.25, 0.3) is 0 Å². The van der Waals surface area contributed by atoms with Gasteiger partial charge in [0, 0.05) is 12.7 Å². The Morgan fingerprint density at radius 2 is 2.53 bits per heavy atom. The summed E-state index contributed by atoms with van der Waals surface area (Å²) in [5.74, 6) is 0.538. The highest BCUT2D eigenvalue weighted by atomic mass is 16.6. The zero-order valence-corrected chi connectivity index (χ0v) is 9.56. The predicted octanol–water partition coefficient (Wildman–Crippen LogP) is 1.40. The molecule has 0 aromatic carbocycles. The van der Waals surface area contributed by atoms with Gasteiger partial charge in [-0.25, -0.2) is 0 Å². The first kappa shape index (κ1) is 11.8. The molecule has 6 heteroatoms. The number of hydrogen-bond acceptors (Lipinski definition) is 5. The Bertz CT molecular complexity index is 391. The molecule has 1 aliphatic rings. The first-order chi connectivity index (χ1) is 8.27. The molecule has 92 valence electrons. The first-order valence-corrected chi connectivity index (χ1v) is 5.80. The van der Waals surface area contributed by atoms with Crippen LogP contribution in [-0.4, -0.2) is 29.5 Å². The summed E-state index contributed by atoms with van der Waals surface area (Å²) in [5, 5.41) is 17.3. The zero-order valence-electron chi connectivity index (χ0n) is 9.56. The van der Waals surface area contributed by atoms with Crippen LogP contribution in [0.5, 0.6) is 0 Å². The Morgan fingerprint density at radius 1 is 1.65 bits per heavy atom. The number of nitrogens with zero attached hydrogens (tertiary/aromatic N) is 2. The lowest BCUT2D eigenvalue weighted by molar-refractivity contribution is -0.384. The van der Waals surface area contributed by atoms with Gasteiger partial charge in [0.2, 0.25) is 0 Å². The number of aromatic nitrogens is 1. The van der Waals surface area contributed by atoms with Crippen LogP contribution in [0.2, 0.25) is 0 Å². The van der Waals surface area contributed by atoms with E-state index in [-0.39, 0.29) is 5.69 Å². The Morgan fingerprint density at radius 3 is 3.24 bits per heavy atom. The van der Waals surface area contributed by atoms with E-state index < -0.39 is 4.92 Å². The van der Waals surface area contributed by atoms with Crippen molar-refractivity contribution in [2.24, 2.45) is 5.92 Å². The van der Waals surface area contributed by atoms with Gasteiger partial charge < -0.3 is 10.6 Å². The number of rotatable bonds is 4. The lowest BCUT2D eigenvalue weighted by Crippen LogP contribution is -2.33. The summed E-state index contributed by atoms with van der Waals surface area (Å²) in [6.07, 6.45) is 5.18. The predicted molar refractivity (Wildman–Crippen MR) is 65.0 cm³/mol. The molecule has 0 radical (unpaired) electrons. The molecule has 2 N–H and O–H groups in total. The summed E-state index contributed by atoms with van der Waals surface area (Å²) >= 11 is 0. The molecule has 0 bridgehead atoms. The molecule has 0 amide bonds. The van der Waals surface area contributed by atoms with Crippen molar-refractivity contribution in [3.8, 4) is 0 Å². The SMILES string of the molecule is O=[N+]([O-])c1cnccc1NCC1CCCNC1. The van der Waals surface area contributed by atoms with Crippen molar-refractivity contribution >= 4 is 11.4 Å². The van der Waals surface area contributed by atoms with Crippen molar-refractivity contribution in [1.29, 1.82) is 0 Å². The fourth-order valence-electron chi connectivity index (χ4n) is 2.03. The highest BCUT2D eigenvalue weighted by Gasteiger charge is 2.16. The standard InChI is InChI=1S/C11H16N4O2/c16-15(17)11-8-13-5-3-10(11)14-7-9-2-1-4-12-6-9/h3,5,8-9,12H,1-2,4,6-7H2,(H,13,14). The maximum absolute atomic E-state index is 10.8. The van der Waals surface area contributed by atoms with Crippen molar-refractivity contribution in [2.45, 2.75) is 12.8 Å². The third-order valence-electron chi connectivity index (χ3n) is 2.98. The third kappa shape index (κ3) is 3.13. The summed E-state index contributed by atoms with van der Waals surface area (Å²) in [5.41, 5.74) is 0.590. The average Bonchev–Trinajstić information content (AvgIpc) is 2.38. The summed E-state index contributed by atoms with van der Waals surface area (Å²) < 4.78 is 0. The minimum Gasteiger partial charge on any atom is -0.379 e. The van der Waals surface area contributed by atoms with Gasteiger partial charge in [-0.1, -0.05) is 0 Å². The van der Waals surface area contributed by atoms with Gasteiger partial charge in [0.1, 0.15) is 11.9 Å². The Kier molecular flexibility index (Phi) is 3.87. The normalized spacial score (nSPS) is 19.9. The molecule has 2 heterocycles. The molecule has 0 saturated carbocycles. The molecule has 0 aliphatic carbocycles. The lowest BCUT2D eigenvalue weighted by Gasteiger charge is -2.23. The molecular weight excluding hydrogens is 220 g/mol. The quantitative estimate of drug-likeness (QED) is 0.610. The van der Waals surface area contributed by atoms with Crippen molar-refractivity contribution in [1.82, 2.24) is 10.3 Å². The van der Waals surface area contributed by atoms with E-state index in [0.29, 0.717) is 11.6 Å². The van der Waals surface area contributed by atoms with E-state index >= 15 is 0 Å². The molecule has 17 heavy (non-hydrogen) atoms. The molecule has 1 saturated heterocycles. The summed E-state index contributed by atoms with van der Waals surface area (Å²) in [4.78, 5) is 14.1. The van der Waals surface area contributed by atoms with Gasteiger partial charge in [-0.15, -0.1) is 0 Å². The molecule has 0 spiro atoms. The molecule has 6 nitrogen and oxygen atoms in total. The van der Waals surface area contributed by atoms with Crippen LogP contribution >= 0.6 is 0 Å². The van der Waals surface area contributed by atoms with Crippen molar-refractivity contribution in [3.63, 3.8) is 0 Å². The van der Waals surface area contributed by atoms with Crippen LogP contribution < -0.4 is 10.6 Å². The Labute approximate surface area is 99.6 Å². The van der Waals surface area contributed by atoms with E-state index in [4.69, 9.17) is 0 Å². The monoisotopic (exact) mass is 236 g/mol. The van der Waals surface area contributed by atoms with E-state index in [0.717, 1.165) is 19.6 Å². The molecule has 1 aromatic rings. The minimum absolute atomic E-state index is 0.0382. The maximum Gasteiger partial charge on any atom is 0.310 e. The van der Waals surface area contributed by atoms with Crippen molar-refractivity contribution in [3.05, 3.63) is 28.6 Å². The molecule has 2 rings (SSSR count). The molecular formula is C11H16N4O2. The number of nitrogens with one attached hydrogen (secondary N) is 2. The first-order valence-electron chi connectivity index (χ1n) is 5.80. The summed E-state index contributed by atoms with van der Waals surface area (Å²) in [6, 6.07) is 1.65. The van der Waals surface area contributed by atoms with E-state index in [1.165, 1.54) is 19.0 Å². The van der Waals surface area contributed by atoms with Crippen LogP contribution in [0.4, 0.5) is 11.4 Å². The fraction of sp³-hybridized carbons (Fsp3) is 0.545. The fourth-order valence-corrected chi connectivity index (χ4v) is 2.03. The number of hydrogen-bond donors (Lipinski definition) is 2. The number of piperidine rings is 1. The molecule has 1 atom stereocenters. The van der Waals surface area contributed by atoms with E-state index in [1.807, 2.05) is 0 Å². The average molecular weight is 236 g/mol. The number of nitro groups is 1. The van der Waals surface area contributed by atoms with Gasteiger partial charge in [-0.05, 0) is 37.9 Å². The maximum atomic E-state index is 10.8. The summed E-state index contributed by atoms with van der Waals surface area (Å²) in [6.45, 7) is 2.82. The zero-order chi connectivity index (χ0) is 12.1. The number of pyridine rings is 1. The van der Waals surface area contributed by atoms with Gasteiger partial charge in [0.25, 0.3) is 0 Å². The second-order valence-corrected chi connectivity index (χ2v) is 4.24.